The largest absolute Gasteiger partial charge is 0.336 e. The Balaban J connectivity index is 1.50. The van der Waals surface area contributed by atoms with Crippen molar-refractivity contribution in [2.45, 2.75) is 37.5 Å². The number of aryl methyl sites for hydroxylation is 1. The number of likely N-dealkylation sites (tertiary alicyclic amines) is 1. The van der Waals surface area contributed by atoms with Crippen molar-refractivity contribution < 1.29 is 9.18 Å². The van der Waals surface area contributed by atoms with Crippen LogP contribution in [0, 0.1) is 6.92 Å². The first kappa shape index (κ1) is 15.2. The van der Waals surface area contributed by atoms with Gasteiger partial charge in [-0.05, 0) is 38.3 Å². The summed E-state index contributed by atoms with van der Waals surface area (Å²) < 4.78 is 12.9. The summed E-state index contributed by atoms with van der Waals surface area (Å²) >= 11 is 0. The minimum atomic E-state index is -0.535. The summed E-state index contributed by atoms with van der Waals surface area (Å²) in [6, 6.07) is 3.81. The maximum atomic E-state index is 12.9. The average Bonchev–Trinajstić information content (AvgIpc) is 3.25. The van der Waals surface area contributed by atoms with Crippen LogP contribution in [0.5, 0.6) is 0 Å². The number of rotatable bonds is 5. The van der Waals surface area contributed by atoms with Gasteiger partial charge >= 0.3 is 0 Å². The molecule has 2 aromatic heterocycles. The van der Waals surface area contributed by atoms with E-state index in [2.05, 4.69) is 25.6 Å². The molecule has 0 bridgehead atoms. The first-order chi connectivity index (χ1) is 11.6. The van der Waals surface area contributed by atoms with Gasteiger partial charge in [0.05, 0.1) is 23.3 Å². The number of carbonyl (C=O) groups is 1. The fourth-order valence-electron chi connectivity index (χ4n) is 3.39. The van der Waals surface area contributed by atoms with Crippen molar-refractivity contribution in [3.8, 4) is 0 Å². The Morgan fingerprint density at radius 3 is 2.79 bits per heavy atom. The Morgan fingerprint density at radius 2 is 2.21 bits per heavy atom. The molecule has 0 atom stereocenters. The third kappa shape index (κ3) is 2.46. The van der Waals surface area contributed by atoms with Crippen LogP contribution in [0.25, 0.3) is 0 Å². The van der Waals surface area contributed by atoms with Gasteiger partial charge in [0.1, 0.15) is 0 Å². The molecule has 2 aromatic rings. The molecule has 0 radical (unpaired) electrons. The van der Waals surface area contributed by atoms with E-state index in [1.807, 2.05) is 19.1 Å². The monoisotopic (exact) mass is 330 g/mol. The maximum absolute atomic E-state index is 12.9. The number of aromatic amines is 1. The fraction of sp³-hybridized carbons (Fsp3) is 0.562. The number of hydrogen-bond acceptors (Lipinski definition) is 5. The lowest BCUT2D eigenvalue weighted by molar-refractivity contribution is 0.0314. The number of nitrogens with one attached hydrogen (secondary N) is 1. The molecular formula is C16H19FN6O. The van der Waals surface area contributed by atoms with E-state index in [1.165, 1.54) is 12.8 Å². The molecule has 126 valence electrons. The molecular weight excluding hydrogens is 311 g/mol. The second-order valence-corrected chi connectivity index (χ2v) is 6.76. The van der Waals surface area contributed by atoms with Crippen molar-refractivity contribution >= 4 is 5.91 Å². The molecule has 1 saturated carbocycles. The molecule has 2 fully saturated rings. The Morgan fingerprint density at radius 1 is 1.42 bits per heavy atom. The number of nitrogens with zero attached hydrogens (tertiary/aromatic N) is 5. The van der Waals surface area contributed by atoms with Crippen LogP contribution in [-0.2, 0) is 5.41 Å². The van der Waals surface area contributed by atoms with E-state index >= 15 is 0 Å². The molecule has 1 aliphatic heterocycles. The fourth-order valence-corrected chi connectivity index (χ4v) is 3.39. The number of alkyl halides is 1. The van der Waals surface area contributed by atoms with Gasteiger partial charge in [-0.1, -0.05) is 5.21 Å². The Bertz CT molecular complexity index is 752. The van der Waals surface area contributed by atoms with Gasteiger partial charge in [-0.2, -0.15) is 5.21 Å². The van der Waals surface area contributed by atoms with Crippen LogP contribution in [0.15, 0.2) is 12.1 Å². The molecule has 3 heterocycles. The van der Waals surface area contributed by atoms with Gasteiger partial charge in [-0.25, -0.2) is 0 Å². The average molecular weight is 330 g/mol. The number of amides is 1. The molecule has 0 spiro atoms. The first-order valence-corrected chi connectivity index (χ1v) is 8.20. The maximum Gasteiger partial charge on any atom is 0.255 e. The predicted molar refractivity (Wildman–Crippen MR) is 83.3 cm³/mol. The van der Waals surface area contributed by atoms with Gasteiger partial charge < -0.3 is 4.90 Å². The zero-order chi connectivity index (χ0) is 16.7. The number of carbonyl (C=O) groups excluding carboxylic acids is 1. The molecule has 0 unspecified atom stereocenters. The summed E-state index contributed by atoms with van der Waals surface area (Å²) in [7, 11) is 0. The summed E-state index contributed by atoms with van der Waals surface area (Å²) in [6.45, 7) is 2.19. The Labute approximate surface area is 138 Å². The number of H-pyrrole nitrogens is 1. The summed E-state index contributed by atoms with van der Waals surface area (Å²) in [5.74, 6) is 0.968. The standard InChI is InChI=1S/C16H19FN6O/c1-10-12(4-5-13(18-10)11-2-3-11)14(24)23-8-16(9-23,6-7-17)15-19-21-22-20-15/h4-5,11H,2-3,6-9H2,1H3,(H,19,20,21,22). The number of hydrogen-bond donors (Lipinski definition) is 1. The zero-order valence-electron chi connectivity index (χ0n) is 13.5. The lowest BCUT2D eigenvalue weighted by Gasteiger charge is -2.48. The second-order valence-electron chi connectivity index (χ2n) is 6.76. The van der Waals surface area contributed by atoms with Crippen molar-refractivity contribution in [3.05, 3.63) is 34.9 Å². The molecule has 0 aromatic carbocycles. The first-order valence-electron chi connectivity index (χ1n) is 8.20. The van der Waals surface area contributed by atoms with Crippen LogP contribution in [0.3, 0.4) is 0 Å². The molecule has 1 aliphatic carbocycles. The normalized spacial score (nSPS) is 19.2. The number of halogens is 1. The topological polar surface area (TPSA) is 87.7 Å². The van der Waals surface area contributed by atoms with Crippen LogP contribution in [0.4, 0.5) is 4.39 Å². The number of tetrazole rings is 1. The van der Waals surface area contributed by atoms with Crippen LogP contribution < -0.4 is 0 Å². The lowest BCUT2D eigenvalue weighted by atomic mass is 9.76. The minimum absolute atomic E-state index is 0.0691. The van der Waals surface area contributed by atoms with Crippen LogP contribution in [0.2, 0.25) is 0 Å². The van der Waals surface area contributed by atoms with E-state index in [4.69, 9.17) is 0 Å². The highest BCUT2D eigenvalue weighted by molar-refractivity contribution is 5.96. The Kier molecular flexibility index (Phi) is 3.54. The molecule has 24 heavy (non-hydrogen) atoms. The number of aromatic nitrogens is 5. The van der Waals surface area contributed by atoms with E-state index < -0.39 is 12.1 Å². The molecule has 8 heteroatoms. The third-order valence-corrected chi connectivity index (χ3v) is 5.00. The highest BCUT2D eigenvalue weighted by Crippen LogP contribution is 2.40. The SMILES string of the molecule is Cc1nc(C2CC2)ccc1C(=O)N1CC(CCF)(c2nn[nH]n2)C1. The predicted octanol–water partition coefficient (Wildman–Crippen LogP) is 1.53. The van der Waals surface area contributed by atoms with Crippen molar-refractivity contribution in [1.29, 1.82) is 0 Å². The van der Waals surface area contributed by atoms with Crippen molar-refractivity contribution in [3.63, 3.8) is 0 Å². The van der Waals surface area contributed by atoms with Gasteiger partial charge in [0, 0.05) is 24.7 Å². The minimum Gasteiger partial charge on any atom is -0.336 e. The molecule has 2 aliphatic rings. The van der Waals surface area contributed by atoms with E-state index in [9.17, 15) is 9.18 Å². The van der Waals surface area contributed by atoms with Gasteiger partial charge in [-0.15, -0.1) is 10.2 Å². The Hall–Kier alpha value is -2.38. The second kappa shape index (κ2) is 5.61. The van der Waals surface area contributed by atoms with E-state index in [-0.39, 0.29) is 12.3 Å². The van der Waals surface area contributed by atoms with Gasteiger partial charge in [0.2, 0.25) is 0 Å². The summed E-state index contributed by atoms with van der Waals surface area (Å²) in [5, 5.41) is 13.9. The van der Waals surface area contributed by atoms with E-state index in [0.717, 1.165) is 11.4 Å². The van der Waals surface area contributed by atoms with E-state index in [1.54, 1.807) is 4.90 Å². The molecule has 1 saturated heterocycles. The quantitative estimate of drug-likeness (QED) is 0.898. The van der Waals surface area contributed by atoms with Crippen LogP contribution in [0.1, 0.15) is 52.8 Å². The lowest BCUT2D eigenvalue weighted by Crippen LogP contribution is -2.62. The summed E-state index contributed by atoms with van der Waals surface area (Å²) in [4.78, 5) is 19.0. The van der Waals surface area contributed by atoms with Crippen molar-refractivity contribution in [2.24, 2.45) is 0 Å². The summed E-state index contributed by atoms with van der Waals surface area (Å²) in [5.41, 5.74) is 1.91. The van der Waals surface area contributed by atoms with Gasteiger partial charge in [0.15, 0.2) is 5.82 Å². The summed E-state index contributed by atoms with van der Waals surface area (Å²) in [6.07, 6.45) is 2.65. The number of pyridine rings is 1. The highest BCUT2D eigenvalue weighted by Gasteiger charge is 2.49. The molecule has 4 rings (SSSR count). The third-order valence-electron chi connectivity index (χ3n) is 5.00. The van der Waals surface area contributed by atoms with Gasteiger partial charge in [0.25, 0.3) is 5.91 Å². The van der Waals surface area contributed by atoms with Crippen molar-refractivity contribution in [2.75, 3.05) is 19.8 Å². The van der Waals surface area contributed by atoms with Gasteiger partial charge in [-0.3, -0.25) is 14.2 Å². The molecule has 1 N–H and O–H groups in total. The molecule has 1 amide bonds. The van der Waals surface area contributed by atoms with Crippen molar-refractivity contribution in [1.82, 2.24) is 30.5 Å². The van der Waals surface area contributed by atoms with Crippen LogP contribution in [-0.4, -0.2) is 56.2 Å². The smallest absolute Gasteiger partial charge is 0.255 e. The molecule has 7 nitrogen and oxygen atoms in total. The van der Waals surface area contributed by atoms with E-state index in [0.29, 0.717) is 30.4 Å². The zero-order valence-corrected chi connectivity index (χ0v) is 13.5. The van der Waals surface area contributed by atoms with Crippen LogP contribution >= 0.6 is 0 Å². The highest BCUT2D eigenvalue weighted by atomic mass is 19.1.